The van der Waals surface area contributed by atoms with Crippen LogP contribution in [0.1, 0.15) is 6.42 Å². The summed E-state index contributed by atoms with van der Waals surface area (Å²) in [6, 6.07) is 5.02. The predicted molar refractivity (Wildman–Crippen MR) is 96.3 cm³/mol. The Morgan fingerprint density at radius 1 is 1.29 bits per heavy atom. The van der Waals surface area contributed by atoms with E-state index in [1.807, 2.05) is 0 Å². The van der Waals surface area contributed by atoms with E-state index < -0.39 is 0 Å². The number of methoxy groups -OCH3 is 1. The van der Waals surface area contributed by atoms with Crippen LogP contribution >= 0.6 is 23.2 Å². The van der Waals surface area contributed by atoms with Crippen LogP contribution in [0.3, 0.4) is 0 Å². The Hall–Kier alpha value is -2.25. The van der Waals surface area contributed by atoms with E-state index in [1.165, 1.54) is 13.4 Å². The number of aromatic nitrogens is 2. The summed E-state index contributed by atoms with van der Waals surface area (Å²) in [7, 11) is 3.24. The van der Waals surface area contributed by atoms with E-state index in [9.17, 15) is 4.79 Å². The zero-order valence-electron chi connectivity index (χ0n) is 13.2. The van der Waals surface area contributed by atoms with Crippen molar-refractivity contribution in [3.8, 4) is 5.75 Å². The molecule has 1 amide bonds. The van der Waals surface area contributed by atoms with Gasteiger partial charge in [-0.3, -0.25) is 4.79 Å². The first-order chi connectivity index (χ1) is 11.5. The van der Waals surface area contributed by atoms with E-state index in [2.05, 4.69) is 25.9 Å². The number of carbonyl (C=O) groups excluding carboxylic acids is 1. The fourth-order valence-corrected chi connectivity index (χ4v) is 2.40. The number of carbonyl (C=O) groups is 1. The molecule has 0 aliphatic heterocycles. The van der Waals surface area contributed by atoms with Crippen LogP contribution in [0.15, 0.2) is 24.5 Å². The molecule has 0 aliphatic rings. The number of halogens is 2. The SMILES string of the molecule is CNc1c(Cl)ncnc1NCCC(=O)Nc1cc(Cl)ccc1OC. The second-order valence-corrected chi connectivity index (χ2v) is 5.50. The number of hydrogen-bond donors (Lipinski definition) is 3. The second-order valence-electron chi connectivity index (χ2n) is 4.71. The van der Waals surface area contributed by atoms with E-state index in [0.717, 1.165) is 0 Å². The van der Waals surface area contributed by atoms with Gasteiger partial charge in [0.05, 0.1) is 12.8 Å². The average Bonchev–Trinajstić information content (AvgIpc) is 2.55. The summed E-state index contributed by atoms with van der Waals surface area (Å²) in [5.74, 6) is 0.889. The van der Waals surface area contributed by atoms with Crippen molar-refractivity contribution >= 4 is 46.3 Å². The molecule has 7 nitrogen and oxygen atoms in total. The third kappa shape index (κ3) is 4.62. The van der Waals surface area contributed by atoms with Gasteiger partial charge in [-0.15, -0.1) is 0 Å². The van der Waals surface area contributed by atoms with Gasteiger partial charge in [0.25, 0.3) is 0 Å². The molecular formula is C15H17Cl2N5O2. The van der Waals surface area contributed by atoms with Crippen LogP contribution in [0.4, 0.5) is 17.2 Å². The van der Waals surface area contributed by atoms with Gasteiger partial charge < -0.3 is 20.7 Å². The maximum absolute atomic E-state index is 12.1. The normalized spacial score (nSPS) is 10.2. The van der Waals surface area contributed by atoms with Crippen LogP contribution in [0.25, 0.3) is 0 Å². The number of nitrogens with one attached hydrogen (secondary N) is 3. The highest BCUT2D eigenvalue weighted by Crippen LogP contribution is 2.28. The molecule has 2 aromatic rings. The van der Waals surface area contributed by atoms with Crippen molar-refractivity contribution in [2.75, 3.05) is 36.7 Å². The lowest BCUT2D eigenvalue weighted by Crippen LogP contribution is -2.17. The van der Waals surface area contributed by atoms with Gasteiger partial charge in [0.2, 0.25) is 5.91 Å². The third-order valence-corrected chi connectivity index (χ3v) is 3.65. The molecule has 0 unspecified atom stereocenters. The first kappa shape index (κ1) is 18.1. The topological polar surface area (TPSA) is 88.2 Å². The molecule has 1 heterocycles. The third-order valence-electron chi connectivity index (χ3n) is 3.13. The van der Waals surface area contributed by atoms with E-state index in [1.54, 1.807) is 25.2 Å². The fraction of sp³-hybridized carbons (Fsp3) is 0.267. The fourth-order valence-electron chi connectivity index (χ4n) is 2.00. The molecule has 0 radical (unpaired) electrons. The molecule has 0 bridgehead atoms. The molecule has 0 saturated carbocycles. The largest absolute Gasteiger partial charge is 0.495 e. The summed E-state index contributed by atoms with van der Waals surface area (Å²) in [6.07, 6.45) is 1.57. The van der Waals surface area contributed by atoms with Gasteiger partial charge in [-0.05, 0) is 18.2 Å². The van der Waals surface area contributed by atoms with Crippen LogP contribution in [-0.2, 0) is 4.79 Å². The van der Waals surface area contributed by atoms with Gasteiger partial charge in [0.15, 0.2) is 11.0 Å². The zero-order valence-corrected chi connectivity index (χ0v) is 14.7. The molecular weight excluding hydrogens is 353 g/mol. The van der Waals surface area contributed by atoms with Gasteiger partial charge in [-0.25, -0.2) is 9.97 Å². The lowest BCUT2D eigenvalue weighted by Gasteiger charge is -2.12. The summed E-state index contributed by atoms with van der Waals surface area (Å²) >= 11 is 11.9. The van der Waals surface area contributed by atoms with Crippen molar-refractivity contribution in [3.05, 3.63) is 34.7 Å². The minimum absolute atomic E-state index is 0.186. The van der Waals surface area contributed by atoms with E-state index >= 15 is 0 Å². The smallest absolute Gasteiger partial charge is 0.226 e. The second kappa shape index (κ2) is 8.56. The van der Waals surface area contributed by atoms with Gasteiger partial charge in [-0.2, -0.15) is 0 Å². The lowest BCUT2D eigenvalue weighted by atomic mass is 10.2. The quantitative estimate of drug-likeness (QED) is 0.649. The van der Waals surface area contributed by atoms with Crippen LogP contribution in [0, 0.1) is 0 Å². The maximum Gasteiger partial charge on any atom is 0.226 e. The molecule has 128 valence electrons. The average molecular weight is 370 g/mol. The van der Waals surface area contributed by atoms with Gasteiger partial charge in [-0.1, -0.05) is 23.2 Å². The number of nitrogens with zero attached hydrogens (tertiary/aromatic N) is 2. The Morgan fingerprint density at radius 2 is 2.08 bits per heavy atom. The molecule has 24 heavy (non-hydrogen) atoms. The number of amides is 1. The van der Waals surface area contributed by atoms with Crippen molar-refractivity contribution in [1.29, 1.82) is 0 Å². The molecule has 0 saturated heterocycles. The number of benzene rings is 1. The molecule has 9 heteroatoms. The van der Waals surface area contributed by atoms with Crippen molar-refractivity contribution in [3.63, 3.8) is 0 Å². The minimum atomic E-state index is -0.186. The number of hydrogen-bond acceptors (Lipinski definition) is 6. The summed E-state index contributed by atoms with van der Waals surface area (Å²) in [5, 5.41) is 9.54. The van der Waals surface area contributed by atoms with Crippen LogP contribution < -0.4 is 20.7 Å². The molecule has 3 N–H and O–H groups in total. The summed E-state index contributed by atoms with van der Waals surface area (Å²) in [5.41, 5.74) is 1.10. The standard InChI is InChI=1S/C15H17Cl2N5O2/c1-18-13-14(17)20-8-21-15(13)19-6-5-12(23)22-10-7-9(16)3-4-11(10)24-2/h3-4,7-8,18H,5-6H2,1-2H3,(H,22,23)(H,19,20,21). The molecule has 0 spiro atoms. The number of ether oxygens (including phenoxy) is 1. The van der Waals surface area contributed by atoms with E-state index in [-0.39, 0.29) is 12.3 Å². The Bertz CT molecular complexity index is 727. The summed E-state index contributed by atoms with van der Waals surface area (Å²) in [6.45, 7) is 0.372. The van der Waals surface area contributed by atoms with E-state index in [4.69, 9.17) is 27.9 Å². The molecule has 1 aromatic heterocycles. The molecule has 2 rings (SSSR count). The van der Waals surface area contributed by atoms with Gasteiger partial charge >= 0.3 is 0 Å². The van der Waals surface area contributed by atoms with Gasteiger partial charge in [0, 0.05) is 25.0 Å². The van der Waals surface area contributed by atoms with Crippen molar-refractivity contribution in [1.82, 2.24) is 9.97 Å². The van der Waals surface area contributed by atoms with Crippen LogP contribution in [-0.4, -0.2) is 36.6 Å². The zero-order chi connectivity index (χ0) is 17.5. The Labute approximate surface area is 149 Å². The van der Waals surface area contributed by atoms with Crippen molar-refractivity contribution in [2.24, 2.45) is 0 Å². The number of rotatable bonds is 7. The van der Waals surface area contributed by atoms with Crippen molar-refractivity contribution in [2.45, 2.75) is 6.42 Å². The summed E-state index contributed by atoms with van der Waals surface area (Å²) in [4.78, 5) is 20.1. The Kier molecular flexibility index (Phi) is 6.45. The molecule has 0 aliphatic carbocycles. The van der Waals surface area contributed by atoms with E-state index in [0.29, 0.717) is 39.7 Å². The molecule has 1 aromatic carbocycles. The first-order valence-electron chi connectivity index (χ1n) is 7.10. The van der Waals surface area contributed by atoms with Crippen molar-refractivity contribution < 1.29 is 9.53 Å². The highest BCUT2D eigenvalue weighted by molar-refractivity contribution is 6.32. The predicted octanol–water partition coefficient (Wildman–Crippen LogP) is 3.27. The van der Waals surface area contributed by atoms with Crippen LogP contribution in [0.5, 0.6) is 5.75 Å². The highest BCUT2D eigenvalue weighted by atomic mass is 35.5. The highest BCUT2D eigenvalue weighted by Gasteiger charge is 2.10. The lowest BCUT2D eigenvalue weighted by molar-refractivity contribution is -0.116. The Morgan fingerprint density at radius 3 is 2.79 bits per heavy atom. The first-order valence-corrected chi connectivity index (χ1v) is 7.86. The summed E-state index contributed by atoms with van der Waals surface area (Å²) < 4.78 is 5.19. The molecule has 0 atom stereocenters. The van der Waals surface area contributed by atoms with Crippen LogP contribution in [0.2, 0.25) is 10.2 Å². The Balaban J connectivity index is 1.93. The minimum Gasteiger partial charge on any atom is -0.495 e. The molecule has 0 fully saturated rings. The number of anilines is 3. The monoisotopic (exact) mass is 369 g/mol. The maximum atomic E-state index is 12.1. The van der Waals surface area contributed by atoms with Gasteiger partial charge in [0.1, 0.15) is 17.8 Å².